The lowest BCUT2D eigenvalue weighted by Gasteiger charge is -2.14. The summed E-state index contributed by atoms with van der Waals surface area (Å²) >= 11 is 0. The monoisotopic (exact) mass is 359 g/mol. The van der Waals surface area contributed by atoms with Gasteiger partial charge in [-0.05, 0) is 68.4 Å². The molecule has 3 aromatic rings. The molecule has 140 valence electrons. The van der Waals surface area contributed by atoms with Gasteiger partial charge in [-0.25, -0.2) is 0 Å². The topological polar surface area (TPSA) is 22.1 Å². The lowest BCUT2D eigenvalue weighted by atomic mass is 10.0. The molecule has 2 nitrogen and oxygen atoms in total. The summed E-state index contributed by atoms with van der Waals surface area (Å²) in [5, 5.41) is 0. The molecular formula is C25H29NO. The number of nitrogens with zero attached hydrogens (tertiary/aromatic N) is 1. The molecule has 3 rings (SSSR count). The maximum Gasteiger partial charge on any atom is 0.144 e. The maximum atomic E-state index is 6.25. The van der Waals surface area contributed by atoms with E-state index in [-0.39, 0.29) is 0 Å². The third kappa shape index (κ3) is 5.19. The number of benzene rings is 2. The van der Waals surface area contributed by atoms with Crippen molar-refractivity contribution in [3.8, 4) is 5.75 Å². The summed E-state index contributed by atoms with van der Waals surface area (Å²) < 4.78 is 6.25. The van der Waals surface area contributed by atoms with Gasteiger partial charge in [-0.3, -0.25) is 4.98 Å². The molecule has 1 heterocycles. The van der Waals surface area contributed by atoms with Gasteiger partial charge in [-0.1, -0.05) is 60.5 Å². The van der Waals surface area contributed by atoms with E-state index in [9.17, 15) is 0 Å². The molecule has 0 unspecified atom stereocenters. The van der Waals surface area contributed by atoms with Gasteiger partial charge in [0, 0.05) is 6.20 Å². The molecule has 0 radical (unpaired) electrons. The molecule has 0 atom stereocenters. The van der Waals surface area contributed by atoms with Crippen LogP contribution in [0.1, 0.15) is 46.0 Å². The summed E-state index contributed by atoms with van der Waals surface area (Å²) in [6.45, 7) is 9.13. The smallest absolute Gasteiger partial charge is 0.144 e. The van der Waals surface area contributed by atoms with E-state index in [2.05, 4.69) is 75.1 Å². The number of ether oxygens (including phenoxy) is 1. The van der Waals surface area contributed by atoms with Gasteiger partial charge in [0.15, 0.2) is 0 Å². The highest BCUT2D eigenvalue weighted by molar-refractivity contribution is 5.37. The van der Waals surface area contributed by atoms with Crippen LogP contribution in [-0.2, 0) is 25.9 Å². The lowest BCUT2D eigenvalue weighted by molar-refractivity contribution is 0.298. The largest absolute Gasteiger partial charge is 0.487 e. The zero-order valence-electron chi connectivity index (χ0n) is 16.9. The van der Waals surface area contributed by atoms with Crippen molar-refractivity contribution in [3.63, 3.8) is 0 Å². The number of hydrogen-bond acceptors (Lipinski definition) is 2. The molecule has 0 amide bonds. The predicted octanol–water partition coefficient (Wildman–Crippen LogP) is 5.93. The first kappa shape index (κ1) is 19.2. The Morgan fingerprint density at radius 3 is 2.26 bits per heavy atom. The second-order valence-electron chi connectivity index (χ2n) is 7.36. The average Bonchev–Trinajstić information content (AvgIpc) is 2.66. The summed E-state index contributed by atoms with van der Waals surface area (Å²) in [5.74, 6) is 0.934. The molecule has 2 aromatic carbocycles. The minimum absolute atomic E-state index is 0.582. The molecule has 0 aliphatic rings. The Morgan fingerprint density at radius 2 is 1.52 bits per heavy atom. The fourth-order valence-electron chi connectivity index (χ4n) is 3.38. The van der Waals surface area contributed by atoms with Crippen molar-refractivity contribution in [2.75, 3.05) is 0 Å². The number of rotatable bonds is 7. The van der Waals surface area contributed by atoms with Crippen LogP contribution in [-0.4, -0.2) is 4.98 Å². The Labute approximate surface area is 163 Å². The van der Waals surface area contributed by atoms with Crippen LogP contribution in [0.3, 0.4) is 0 Å². The van der Waals surface area contributed by atoms with Gasteiger partial charge in [-0.2, -0.15) is 0 Å². The second-order valence-corrected chi connectivity index (χ2v) is 7.36. The van der Waals surface area contributed by atoms with Gasteiger partial charge < -0.3 is 4.74 Å². The Bertz CT molecular complexity index is 897. The zero-order chi connectivity index (χ0) is 19.2. The van der Waals surface area contributed by atoms with E-state index >= 15 is 0 Å². The molecule has 0 saturated heterocycles. The third-order valence-electron chi connectivity index (χ3n) is 4.93. The van der Waals surface area contributed by atoms with Gasteiger partial charge in [0.05, 0.1) is 5.69 Å². The van der Waals surface area contributed by atoms with Crippen LogP contribution in [0.5, 0.6) is 5.75 Å². The van der Waals surface area contributed by atoms with Crippen molar-refractivity contribution in [1.82, 2.24) is 4.98 Å². The van der Waals surface area contributed by atoms with Gasteiger partial charge in [-0.15, -0.1) is 0 Å². The van der Waals surface area contributed by atoms with Crippen molar-refractivity contribution >= 4 is 0 Å². The fourth-order valence-corrected chi connectivity index (χ4v) is 3.38. The highest BCUT2D eigenvalue weighted by Crippen LogP contribution is 2.24. The van der Waals surface area contributed by atoms with E-state index in [1.807, 2.05) is 12.3 Å². The summed E-state index contributed by atoms with van der Waals surface area (Å²) in [5.41, 5.74) is 8.68. The van der Waals surface area contributed by atoms with E-state index < -0.39 is 0 Å². The fraction of sp³-hybridized carbons (Fsp3) is 0.320. The quantitative estimate of drug-likeness (QED) is 0.521. The highest BCUT2D eigenvalue weighted by atomic mass is 16.5. The van der Waals surface area contributed by atoms with Gasteiger partial charge in [0.2, 0.25) is 0 Å². The molecule has 0 aliphatic carbocycles. The molecule has 0 spiro atoms. The van der Waals surface area contributed by atoms with Crippen LogP contribution in [0.2, 0.25) is 0 Å². The van der Waals surface area contributed by atoms with E-state index in [1.54, 1.807) is 0 Å². The molecule has 0 aliphatic heterocycles. The van der Waals surface area contributed by atoms with Crippen LogP contribution < -0.4 is 4.74 Å². The standard InChI is InChI=1S/C25H29NO/c1-5-21-14-19(3)15-23(16-21)17-27-25-20(4)12-13-26-24(25)11-10-22-8-6-18(2)7-9-22/h6-9,12-16H,5,10-11,17H2,1-4H3. The average molecular weight is 360 g/mol. The summed E-state index contributed by atoms with van der Waals surface area (Å²) in [4.78, 5) is 4.61. The Kier molecular flexibility index (Phi) is 6.28. The van der Waals surface area contributed by atoms with Crippen molar-refractivity contribution in [1.29, 1.82) is 0 Å². The van der Waals surface area contributed by atoms with E-state index in [0.717, 1.165) is 36.3 Å². The van der Waals surface area contributed by atoms with Gasteiger partial charge in [0.25, 0.3) is 0 Å². The van der Waals surface area contributed by atoms with E-state index in [0.29, 0.717) is 6.61 Å². The van der Waals surface area contributed by atoms with Gasteiger partial charge in [0.1, 0.15) is 12.4 Å². The summed E-state index contributed by atoms with van der Waals surface area (Å²) in [7, 11) is 0. The first-order chi connectivity index (χ1) is 13.0. The van der Waals surface area contributed by atoms with E-state index in [1.165, 1.54) is 27.8 Å². The molecule has 27 heavy (non-hydrogen) atoms. The SMILES string of the molecule is CCc1cc(C)cc(COc2c(C)ccnc2CCc2ccc(C)cc2)c1. The summed E-state index contributed by atoms with van der Waals surface area (Å²) in [6, 6.07) is 17.4. The molecule has 2 heteroatoms. The van der Waals surface area contributed by atoms with Crippen molar-refractivity contribution in [2.24, 2.45) is 0 Å². The number of aromatic nitrogens is 1. The Hall–Kier alpha value is -2.61. The van der Waals surface area contributed by atoms with E-state index in [4.69, 9.17) is 4.74 Å². The third-order valence-corrected chi connectivity index (χ3v) is 4.93. The van der Waals surface area contributed by atoms with Gasteiger partial charge >= 0.3 is 0 Å². The number of aryl methyl sites for hydroxylation is 6. The molecule has 0 saturated carbocycles. The molecule has 1 aromatic heterocycles. The Balaban J connectivity index is 1.73. The number of hydrogen-bond donors (Lipinski definition) is 0. The second kappa shape index (κ2) is 8.85. The number of pyridine rings is 1. The minimum atomic E-state index is 0.582. The Morgan fingerprint density at radius 1 is 0.778 bits per heavy atom. The van der Waals surface area contributed by atoms with Crippen molar-refractivity contribution < 1.29 is 4.74 Å². The lowest BCUT2D eigenvalue weighted by Crippen LogP contribution is -2.04. The maximum absolute atomic E-state index is 6.25. The predicted molar refractivity (Wildman–Crippen MR) is 112 cm³/mol. The first-order valence-electron chi connectivity index (χ1n) is 9.77. The molecule has 0 fully saturated rings. The van der Waals surface area contributed by atoms with Crippen LogP contribution in [0.25, 0.3) is 0 Å². The molecule has 0 N–H and O–H groups in total. The van der Waals surface area contributed by atoms with Crippen LogP contribution in [0.4, 0.5) is 0 Å². The zero-order valence-corrected chi connectivity index (χ0v) is 16.9. The van der Waals surface area contributed by atoms with Crippen LogP contribution in [0, 0.1) is 20.8 Å². The van der Waals surface area contributed by atoms with Crippen LogP contribution in [0.15, 0.2) is 54.7 Å². The van der Waals surface area contributed by atoms with Crippen molar-refractivity contribution in [2.45, 2.75) is 53.6 Å². The first-order valence-corrected chi connectivity index (χ1v) is 9.77. The molecular weight excluding hydrogens is 330 g/mol. The van der Waals surface area contributed by atoms with Crippen LogP contribution >= 0.6 is 0 Å². The highest BCUT2D eigenvalue weighted by Gasteiger charge is 2.10. The normalized spacial score (nSPS) is 10.8. The van der Waals surface area contributed by atoms with Crippen molar-refractivity contribution in [3.05, 3.63) is 93.8 Å². The molecule has 0 bridgehead atoms. The summed E-state index contributed by atoms with van der Waals surface area (Å²) in [6.07, 6.45) is 4.78. The minimum Gasteiger partial charge on any atom is -0.487 e.